The van der Waals surface area contributed by atoms with Crippen LogP contribution in [0.4, 0.5) is 4.79 Å². The fraction of sp³-hybridized carbons (Fsp3) is 0.810. The molecule has 8 nitrogen and oxygen atoms in total. The van der Waals surface area contributed by atoms with Gasteiger partial charge in [-0.15, -0.1) is 0 Å². The Hall–Kier alpha value is -2.12. The van der Waals surface area contributed by atoms with E-state index in [0.29, 0.717) is 56.4 Å². The predicted octanol–water partition coefficient (Wildman–Crippen LogP) is 3.12. The van der Waals surface area contributed by atoms with Crippen molar-refractivity contribution in [2.24, 2.45) is 16.6 Å². The van der Waals surface area contributed by atoms with Crippen LogP contribution in [0.25, 0.3) is 0 Å². The van der Waals surface area contributed by atoms with Crippen molar-refractivity contribution in [2.45, 2.75) is 90.7 Å². The van der Waals surface area contributed by atoms with Gasteiger partial charge in [-0.05, 0) is 72.1 Å². The van der Waals surface area contributed by atoms with E-state index in [2.05, 4.69) is 10.3 Å². The van der Waals surface area contributed by atoms with Crippen LogP contribution >= 0.6 is 0 Å². The standard InChI is InChI=1S/C21H37N3O5/c1-15(22)23-13-6-5-7-18(24-20(27)29-21(2,3)4)19(26)28-14-12-16-8-10-17(25)11-9-16/h16,18H,5-14H2,1-4H3,(H2,22,23)(H,24,27). The number of Topliss-reactive ketones (excluding diaryl/α,β-unsaturated/α-hetero) is 1. The van der Waals surface area contributed by atoms with Gasteiger partial charge in [0.2, 0.25) is 0 Å². The van der Waals surface area contributed by atoms with E-state index in [-0.39, 0.29) is 0 Å². The van der Waals surface area contributed by atoms with Crippen molar-refractivity contribution in [3.05, 3.63) is 0 Å². The number of alkyl carbamates (subject to hydrolysis) is 1. The van der Waals surface area contributed by atoms with Crippen molar-refractivity contribution in [3.8, 4) is 0 Å². The van der Waals surface area contributed by atoms with Crippen LogP contribution in [-0.4, -0.2) is 48.5 Å². The van der Waals surface area contributed by atoms with Crippen molar-refractivity contribution >= 4 is 23.7 Å². The number of aliphatic imine (C=N–C) groups is 1. The molecule has 8 heteroatoms. The van der Waals surface area contributed by atoms with E-state index in [1.807, 2.05) is 0 Å². The molecule has 1 aliphatic rings. The molecule has 29 heavy (non-hydrogen) atoms. The van der Waals surface area contributed by atoms with Crippen molar-refractivity contribution in [3.63, 3.8) is 0 Å². The average Bonchev–Trinajstić information content (AvgIpc) is 2.60. The van der Waals surface area contributed by atoms with Gasteiger partial charge in [0.1, 0.15) is 17.4 Å². The van der Waals surface area contributed by atoms with Gasteiger partial charge in [0, 0.05) is 19.4 Å². The van der Waals surface area contributed by atoms with Crippen LogP contribution < -0.4 is 11.1 Å². The number of nitrogens with zero attached hydrogens (tertiary/aromatic N) is 1. The molecule has 1 unspecified atom stereocenters. The molecule has 1 rings (SSSR count). The highest BCUT2D eigenvalue weighted by molar-refractivity contribution is 5.81. The molecule has 166 valence electrons. The summed E-state index contributed by atoms with van der Waals surface area (Å²) in [5.74, 6) is 0.794. The summed E-state index contributed by atoms with van der Waals surface area (Å²) in [6, 6.07) is -0.763. The minimum Gasteiger partial charge on any atom is -0.464 e. The first-order chi connectivity index (χ1) is 13.6. The second kappa shape index (κ2) is 12.4. The summed E-state index contributed by atoms with van der Waals surface area (Å²) in [6.07, 6.45) is 4.94. The first-order valence-corrected chi connectivity index (χ1v) is 10.5. The van der Waals surface area contributed by atoms with Crippen LogP contribution in [0.2, 0.25) is 0 Å². The number of nitrogens with one attached hydrogen (secondary N) is 1. The maximum atomic E-state index is 12.5. The first kappa shape index (κ1) is 24.9. The van der Waals surface area contributed by atoms with E-state index in [9.17, 15) is 14.4 Å². The zero-order chi connectivity index (χ0) is 21.9. The SMILES string of the molecule is CC(N)=NCCCCC(NC(=O)OC(C)(C)C)C(=O)OCCC1CCC(=O)CC1. The summed E-state index contributed by atoms with van der Waals surface area (Å²) in [5, 5.41) is 2.63. The lowest BCUT2D eigenvalue weighted by Crippen LogP contribution is -2.44. The van der Waals surface area contributed by atoms with Crippen molar-refractivity contribution in [1.29, 1.82) is 0 Å². The number of amidine groups is 1. The lowest BCUT2D eigenvalue weighted by atomic mass is 9.86. The van der Waals surface area contributed by atoms with Crippen LogP contribution in [0.15, 0.2) is 4.99 Å². The summed E-state index contributed by atoms with van der Waals surface area (Å²) in [7, 11) is 0. The van der Waals surface area contributed by atoms with Gasteiger partial charge in [-0.1, -0.05) is 0 Å². The molecule has 3 N–H and O–H groups in total. The Labute approximate surface area is 174 Å². The molecule has 0 saturated heterocycles. The molecular weight excluding hydrogens is 374 g/mol. The lowest BCUT2D eigenvalue weighted by Gasteiger charge is -2.24. The van der Waals surface area contributed by atoms with Crippen molar-refractivity contribution < 1.29 is 23.9 Å². The topological polar surface area (TPSA) is 120 Å². The van der Waals surface area contributed by atoms with Gasteiger partial charge in [-0.25, -0.2) is 9.59 Å². The largest absolute Gasteiger partial charge is 0.464 e. The zero-order valence-electron chi connectivity index (χ0n) is 18.3. The van der Waals surface area contributed by atoms with E-state index in [1.54, 1.807) is 27.7 Å². The van der Waals surface area contributed by atoms with Gasteiger partial charge in [-0.2, -0.15) is 0 Å². The van der Waals surface area contributed by atoms with Crippen molar-refractivity contribution in [1.82, 2.24) is 5.32 Å². The zero-order valence-corrected chi connectivity index (χ0v) is 18.3. The Balaban J connectivity index is 2.48. The monoisotopic (exact) mass is 411 g/mol. The average molecular weight is 412 g/mol. The molecule has 0 bridgehead atoms. The Bertz CT molecular complexity index is 569. The number of rotatable bonds is 10. The van der Waals surface area contributed by atoms with E-state index in [4.69, 9.17) is 15.2 Å². The predicted molar refractivity (Wildman–Crippen MR) is 112 cm³/mol. The van der Waals surface area contributed by atoms with Gasteiger partial charge >= 0.3 is 12.1 Å². The molecule has 0 spiro atoms. The Kier molecular flexibility index (Phi) is 10.7. The van der Waals surface area contributed by atoms with Gasteiger partial charge in [0.15, 0.2) is 0 Å². The smallest absolute Gasteiger partial charge is 0.408 e. The number of hydrogen-bond acceptors (Lipinski definition) is 6. The maximum Gasteiger partial charge on any atom is 0.408 e. The summed E-state index contributed by atoms with van der Waals surface area (Å²) in [6.45, 7) is 7.90. The maximum absolute atomic E-state index is 12.5. The minimum atomic E-state index is -0.763. The third-order valence-electron chi connectivity index (χ3n) is 4.67. The highest BCUT2D eigenvalue weighted by atomic mass is 16.6. The fourth-order valence-corrected chi connectivity index (χ4v) is 3.13. The normalized spacial score (nSPS) is 17.0. The van der Waals surface area contributed by atoms with Crippen LogP contribution in [0.1, 0.15) is 79.1 Å². The van der Waals surface area contributed by atoms with E-state index >= 15 is 0 Å². The number of ether oxygens (including phenoxy) is 2. The second-order valence-corrected chi connectivity index (χ2v) is 8.66. The third kappa shape index (κ3) is 12.1. The highest BCUT2D eigenvalue weighted by Gasteiger charge is 2.26. The molecule has 0 aromatic rings. The summed E-state index contributed by atoms with van der Waals surface area (Å²) < 4.78 is 10.7. The Morgan fingerprint density at radius 1 is 1.24 bits per heavy atom. The number of nitrogens with two attached hydrogens (primary N) is 1. The van der Waals surface area contributed by atoms with E-state index in [1.165, 1.54) is 0 Å². The van der Waals surface area contributed by atoms with Gasteiger partial charge in [-0.3, -0.25) is 9.79 Å². The summed E-state index contributed by atoms with van der Waals surface area (Å²) in [4.78, 5) is 40.0. The highest BCUT2D eigenvalue weighted by Crippen LogP contribution is 2.24. The molecule has 1 amide bonds. The number of ketones is 1. The molecule has 1 fully saturated rings. The molecule has 1 saturated carbocycles. The Morgan fingerprint density at radius 3 is 2.48 bits per heavy atom. The number of amides is 1. The molecule has 0 radical (unpaired) electrons. The molecule has 1 atom stereocenters. The third-order valence-corrected chi connectivity index (χ3v) is 4.67. The summed E-state index contributed by atoms with van der Waals surface area (Å²) in [5.41, 5.74) is 4.87. The van der Waals surface area contributed by atoms with E-state index < -0.39 is 23.7 Å². The lowest BCUT2D eigenvalue weighted by molar-refractivity contribution is -0.147. The molecule has 0 aromatic heterocycles. The quantitative estimate of drug-likeness (QED) is 0.247. The van der Waals surface area contributed by atoms with Gasteiger partial charge < -0.3 is 20.5 Å². The molecule has 1 aliphatic carbocycles. The van der Waals surface area contributed by atoms with E-state index in [0.717, 1.165) is 25.7 Å². The van der Waals surface area contributed by atoms with Crippen LogP contribution in [0.5, 0.6) is 0 Å². The van der Waals surface area contributed by atoms with Crippen LogP contribution in [-0.2, 0) is 19.1 Å². The minimum absolute atomic E-state index is 0.293. The number of carbonyl (C=O) groups excluding carboxylic acids is 3. The number of esters is 1. The first-order valence-electron chi connectivity index (χ1n) is 10.5. The van der Waals surface area contributed by atoms with Crippen LogP contribution in [0.3, 0.4) is 0 Å². The van der Waals surface area contributed by atoms with Gasteiger partial charge in [0.05, 0.1) is 12.4 Å². The van der Waals surface area contributed by atoms with Crippen molar-refractivity contribution in [2.75, 3.05) is 13.2 Å². The van der Waals surface area contributed by atoms with Crippen LogP contribution in [0, 0.1) is 5.92 Å². The number of unbranched alkanes of at least 4 members (excludes halogenated alkanes) is 1. The summed E-state index contributed by atoms with van der Waals surface area (Å²) >= 11 is 0. The molecule has 0 heterocycles. The molecule has 0 aromatic carbocycles. The number of carbonyl (C=O) groups is 3. The molecular formula is C21H37N3O5. The van der Waals surface area contributed by atoms with Gasteiger partial charge in [0.25, 0.3) is 0 Å². The molecule has 0 aliphatic heterocycles. The number of hydrogen-bond donors (Lipinski definition) is 2. The fourth-order valence-electron chi connectivity index (χ4n) is 3.13. The second-order valence-electron chi connectivity index (χ2n) is 8.66. The Morgan fingerprint density at radius 2 is 1.90 bits per heavy atom.